The van der Waals surface area contributed by atoms with Gasteiger partial charge in [0.15, 0.2) is 0 Å². The van der Waals surface area contributed by atoms with Crippen molar-refractivity contribution in [3.8, 4) is 0 Å². The first-order valence-electron chi connectivity index (χ1n) is 3.21. The first kappa shape index (κ1) is 10.0. The van der Waals surface area contributed by atoms with Crippen LogP contribution in [0.3, 0.4) is 0 Å². The molecule has 56 valence electrons. The summed E-state index contributed by atoms with van der Waals surface area (Å²) in [5.41, 5.74) is 0. The number of hydrogen-bond donors (Lipinski definition) is 2. The summed E-state index contributed by atoms with van der Waals surface area (Å²) in [5, 5.41) is 0. The normalized spacial score (nSPS) is 10.7. The van der Waals surface area contributed by atoms with Crippen molar-refractivity contribution in [2.24, 2.45) is 0 Å². The van der Waals surface area contributed by atoms with E-state index in [-0.39, 0.29) is 4.58 Å². The Labute approximate surface area is 73.0 Å². The van der Waals surface area contributed by atoms with Crippen LogP contribution in [0.4, 0.5) is 0 Å². The van der Waals surface area contributed by atoms with Gasteiger partial charge in [-0.2, -0.15) is 37.0 Å². The van der Waals surface area contributed by atoms with Gasteiger partial charge in [0, 0.05) is 4.58 Å². The van der Waals surface area contributed by atoms with Gasteiger partial charge in [0.25, 0.3) is 0 Å². The minimum atomic E-state index is 0.273. The van der Waals surface area contributed by atoms with Gasteiger partial charge < -0.3 is 0 Å². The molecule has 0 spiro atoms. The van der Waals surface area contributed by atoms with Crippen LogP contribution in [0.25, 0.3) is 0 Å². The highest BCUT2D eigenvalue weighted by atomic mass is 32.2. The summed E-state index contributed by atoms with van der Waals surface area (Å²) in [6.07, 6.45) is 2.38. The zero-order valence-corrected chi connectivity index (χ0v) is 8.31. The second-order valence-corrected chi connectivity index (χ2v) is 4.76. The molecule has 0 saturated carbocycles. The molecule has 0 bridgehead atoms. The lowest BCUT2D eigenvalue weighted by atomic mass is 10.6. The van der Waals surface area contributed by atoms with Crippen molar-refractivity contribution < 1.29 is 0 Å². The molecule has 0 heterocycles. The van der Waals surface area contributed by atoms with E-state index in [0.717, 1.165) is 6.42 Å². The third kappa shape index (κ3) is 9.05. The third-order valence-corrected chi connectivity index (χ3v) is 2.61. The highest BCUT2D eigenvalue weighted by Crippen LogP contribution is 2.11. The molecule has 0 aromatic heterocycles. The Morgan fingerprint density at radius 1 is 1.33 bits per heavy atom. The molecule has 0 aromatic rings. The molecule has 0 aliphatic heterocycles. The lowest BCUT2D eigenvalue weighted by Crippen LogP contribution is -1.90. The number of rotatable bonds is 5. The molecular weight excluding hydrogens is 168 g/mol. The monoisotopic (exact) mass is 182 g/mol. The maximum atomic E-state index is 4.15. The molecule has 0 aliphatic carbocycles. The molecular formula is C6H14S3. The molecule has 9 heavy (non-hydrogen) atoms. The van der Waals surface area contributed by atoms with Gasteiger partial charge in [-0.15, -0.1) is 0 Å². The number of thioether (sulfide) groups is 1. The van der Waals surface area contributed by atoms with Crippen LogP contribution in [0.5, 0.6) is 0 Å². The summed E-state index contributed by atoms with van der Waals surface area (Å²) in [7, 11) is 0. The molecule has 0 unspecified atom stereocenters. The lowest BCUT2D eigenvalue weighted by Gasteiger charge is -2.00. The van der Waals surface area contributed by atoms with Crippen LogP contribution >= 0.6 is 37.0 Å². The molecule has 0 saturated heterocycles. The minimum absolute atomic E-state index is 0.273. The maximum absolute atomic E-state index is 4.15. The fourth-order valence-corrected chi connectivity index (χ4v) is 1.94. The van der Waals surface area contributed by atoms with Crippen molar-refractivity contribution in [1.82, 2.24) is 0 Å². The van der Waals surface area contributed by atoms with Gasteiger partial charge in [0.1, 0.15) is 0 Å². The molecule has 0 nitrogen and oxygen atoms in total. The quantitative estimate of drug-likeness (QED) is 0.374. The van der Waals surface area contributed by atoms with E-state index in [1.165, 1.54) is 17.9 Å². The van der Waals surface area contributed by atoms with Crippen LogP contribution in [-0.4, -0.2) is 16.1 Å². The summed E-state index contributed by atoms with van der Waals surface area (Å²) in [5.74, 6) is 2.47. The fourth-order valence-electron chi connectivity index (χ4n) is 0.435. The molecule has 0 N–H and O–H groups in total. The molecule has 0 rings (SSSR count). The smallest absolute Gasteiger partial charge is 0.0450 e. The Hall–Kier alpha value is 1.05. The van der Waals surface area contributed by atoms with Crippen LogP contribution in [0, 0.1) is 0 Å². The average molecular weight is 182 g/mol. The van der Waals surface area contributed by atoms with Crippen LogP contribution in [0.2, 0.25) is 0 Å². The van der Waals surface area contributed by atoms with E-state index >= 15 is 0 Å². The topological polar surface area (TPSA) is 0 Å². The first-order chi connectivity index (χ1) is 4.27. The first-order valence-corrected chi connectivity index (χ1v) is 5.40. The SMILES string of the molecule is CCCSCCC(S)S. The Morgan fingerprint density at radius 2 is 2.00 bits per heavy atom. The van der Waals surface area contributed by atoms with E-state index in [1.54, 1.807) is 0 Å². The van der Waals surface area contributed by atoms with Crippen LogP contribution in [0.15, 0.2) is 0 Å². The lowest BCUT2D eigenvalue weighted by molar-refractivity contribution is 1.06. The fraction of sp³-hybridized carbons (Fsp3) is 1.00. The van der Waals surface area contributed by atoms with Gasteiger partial charge >= 0.3 is 0 Å². The molecule has 0 aliphatic rings. The van der Waals surface area contributed by atoms with Gasteiger partial charge in [-0.05, 0) is 24.3 Å². The maximum Gasteiger partial charge on any atom is 0.0450 e. The van der Waals surface area contributed by atoms with Crippen molar-refractivity contribution in [3.05, 3.63) is 0 Å². The van der Waals surface area contributed by atoms with E-state index in [4.69, 9.17) is 0 Å². The molecule has 0 amide bonds. The zero-order chi connectivity index (χ0) is 7.11. The Kier molecular flexibility index (Phi) is 8.00. The van der Waals surface area contributed by atoms with E-state index in [2.05, 4.69) is 32.2 Å². The molecule has 0 aromatic carbocycles. The summed E-state index contributed by atoms with van der Waals surface area (Å²) in [4.78, 5) is 0. The van der Waals surface area contributed by atoms with Crippen molar-refractivity contribution in [1.29, 1.82) is 0 Å². The van der Waals surface area contributed by atoms with E-state index < -0.39 is 0 Å². The van der Waals surface area contributed by atoms with E-state index in [1.807, 2.05) is 11.8 Å². The van der Waals surface area contributed by atoms with Gasteiger partial charge in [0.2, 0.25) is 0 Å². The van der Waals surface area contributed by atoms with Crippen molar-refractivity contribution >= 4 is 37.0 Å². The summed E-state index contributed by atoms with van der Waals surface area (Å²) >= 11 is 10.3. The molecule has 0 radical (unpaired) electrons. The summed E-state index contributed by atoms with van der Waals surface area (Å²) in [6, 6.07) is 0. The van der Waals surface area contributed by atoms with Crippen LogP contribution in [-0.2, 0) is 0 Å². The number of hydrogen-bond acceptors (Lipinski definition) is 3. The van der Waals surface area contributed by atoms with Crippen molar-refractivity contribution in [2.45, 2.75) is 24.3 Å². The second kappa shape index (κ2) is 7.16. The van der Waals surface area contributed by atoms with Gasteiger partial charge in [-0.25, -0.2) is 0 Å². The van der Waals surface area contributed by atoms with Crippen LogP contribution < -0.4 is 0 Å². The summed E-state index contributed by atoms with van der Waals surface area (Å²) in [6.45, 7) is 2.20. The number of thiol groups is 2. The predicted molar refractivity (Wildman–Crippen MR) is 54.0 cm³/mol. The van der Waals surface area contributed by atoms with E-state index in [0.29, 0.717) is 0 Å². The Bertz CT molecular complexity index is 54.3. The van der Waals surface area contributed by atoms with Crippen molar-refractivity contribution in [3.63, 3.8) is 0 Å². The molecule has 0 atom stereocenters. The van der Waals surface area contributed by atoms with Crippen molar-refractivity contribution in [2.75, 3.05) is 11.5 Å². The molecule has 0 fully saturated rings. The van der Waals surface area contributed by atoms with Gasteiger partial charge in [-0.1, -0.05) is 6.92 Å². The standard InChI is InChI=1S/C6H14S3/c1-2-4-9-5-3-6(7)8/h6-8H,2-5H2,1H3. The predicted octanol–water partition coefficient (Wildman–Crippen LogP) is 2.71. The largest absolute Gasteiger partial charge is 0.165 e. The Morgan fingerprint density at radius 3 is 2.44 bits per heavy atom. The average Bonchev–Trinajstić information content (AvgIpc) is 1.80. The summed E-state index contributed by atoms with van der Waals surface area (Å²) < 4.78 is 0.273. The minimum Gasteiger partial charge on any atom is -0.165 e. The highest BCUT2D eigenvalue weighted by molar-refractivity contribution is 8.00. The van der Waals surface area contributed by atoms with Crippen LogP contribution in [0.1, 0.15) is 19.8 Å². The van der Waals surface area contributed by atoms with E-state index in [9.17, 15) is 0 Å². The van der Waals surface area contributed by atoms with Gasteiger partial charge in [-0.3, -0.25) is 0 Å². The molecule has 3 heteroatoms. The van der Waals surface area contributed by atoms with Gasteiger partial charge in [0.05, 0.1) is 0 Å². The highest BCUT2D eigenvalue weighted by Gasteiger charge is 1.93. The third-order valence-electron chi connectivity index (χ3n) is 0.869. The Balaban J connectivity index is 2.75. The second-order valence-electron chi connectivity index (χ2n) is 1.88. The zero-order valence-electron chi connectivity index (χ0n) is 5.71.